The average Bonchev–Trinajstić information content (AvgIpc) is 2.46. The van der Waals surface area contributed by atoms with Crippen LogP contribution in [0.1, 0.15) is 22.8 Å². The fourth-order valence-electron chi connectivity index (χ4n) is 1.86. The van der Waals surface area contributed by atoms with Gasteiger partial charge in [-0.05, 0) is 18.6 Å². The van der Waals surface area contributed by atoms with Crippen LogP contribution in [0.3, 0.4) is 0 Å². The van der Waals surface area contributed by atoms with Crippen molar-refractivity contribution in [2.45, 2.75) is 13.5 Å². The molecule has 2 aromatic rings. The molecule has 0 unspecified atom stereocenters. The van der Waals surface area contributed by atoms with E-state index < -0.39 is 4.92 Å². The van der Waals surface area contributed by atoms with E-state index in [9.17, 15) is 14.9 Å². The number of rotatable bonds is 5. The van der Waals surface area contributed by atoms with Crippen LogP contribution in [0.15, 0.2) is 46.9 Å². The van der Waals surface area contributed by atoms with Crippen molar-refractivity contribution in [2.75, 3.05) is 0 Å². The SMILES string of the molecule is CC(=O)c1cc(Br)cc([N+](=O)[O-])c1OCc1ccccc1. The highest BCUT2D eigenvalue weighted by Crippen LogP contribution is 2.35. The number of carbonyl (C=O) groups is 1. The molecule has 0 spiro atoms. The molecule has 0 aliphatic carbocycles. The van der Waals surface area contributed by atoms with Gasteiger partial charge in [-0.15, -0.1) is 0 Å². The Morgan fingerprint density at radius 3 is 2.52 bits per heavy atom. The first kappa shape index (κ1) is 15.2. The zero-order valence-electron chi connectivity index (χ0n) is 11.2. The molecule has 0 radical (unpaired) electrons. The molecule has 0 N–H and O–H groups in total. The van der Waals surface area contributed by atoms with Crippen molar-refractivity contribution in [2.24, 2.45) is 0 Å². The largest absolute Gasteiger partial charge is 0.481 e. The topological polar surface area (TPSA) is 69.4 Å². The average molecular weight is 350 g/mol. The molecule has 0 heterocycles. The maximum absolute atomic E-state index is 11.7. The number of nitro groups is 1. The lowest BCUT2D eigenvalue weighted by Crippen LogP contribution is -2.05. The van der Waals surface area contributed by atoms with Crippen LogP contribution in [-0.2, 0) is 6.61 Å². The first-order valence-corrected chi connectivity index (χ1v) is 6.94. The Kier molecular flexibility index (Phi) is 4.70. The van der Waals surface area contributed by atoms with Gasteiger partial charge in [-0.3, -0.25) is 14.9 Å². The molecule has 0 aromatic heterocycles. The molecule has 6 heteroatoms. The van der Waals surface area contributed by atoms with E-state index in [1.807, 2.05) is 30.3 Å². The van der Waals surface area contributed by atoms with Crippen molar-refractivity contribution in [1.29, 1.82) is 0 Å². The second kappa shape index (κ2) is 6.49. The molecule has 2 rings (SSSR count). The summed E-state index contributed by atoms with van der Waals surface area (Å²) in [4.78, 5) is 22.3. The van der Waals surface area contributed by atoms with E-state index in [2.05, 4.69) is 15.9 Å². The van der Waals surface area contributed by atoms with Gasteiger partial charge in [0.1, 0.15) is 6.61 Å². The highest BCUT2D eigenvalue weighted by molar-refractivity contribution is 9.10. The van der Waals surface area contributed by atoms with Crippen LogP contribution in [0.4, 0.5) is 5.69 Å². The fraction of sp³-hybridized carbons (Fsp3) is 0.133. The van der Waals surface area contributed by atoms with Crippen molar-refractivity contribution in [3.05, 3.63) is 68.2 Å². The molecule has 0 saturated carbocycles. The van der Waals surface area contributed by atoms with E-state index in [0.29, 0.717) is 4.47 Å². The molecule has 0 atom stereocenters. The van der Waals surface area contributed by atoms with Gasteiger partial charge in [-0.25, -0.2) is 0 Å². The number of benzene rings is 2. The molecule has 2 aromatic carbocycles. The van der Waals surface area contributed by atoms with Crippen molar-refractivity contribution < 1.29 is 14.5 Å². The van der Waals surface area contributed by atoms with E-state index in [0.717, 1.165) is 5.56 Å². The van der Waals surface area contributed by atoms with Gasteiger partial charge < -0.3 is 4.74 Å². The zero-order valence-corrected chi connectivity index (χ0v) is 12.8. The summed E-state index contributed by atoms with van der Waals surface area (Å²) in [6.45, 7) is 1.50. The van der Waals surface area contributed by atoms with Crippen LogP contribution < -0.4 is 4.74 Å². The summed E-state index contributed by atoms with van der Waals surface area (Å²) in [5.41, 5.74) is 0.821. The normalized spacial score (nSPS) is 10.2. The molecule has 0 fully saturated rings. The molecule has 0 aliphatic heterocycles. The van der Waals surface area contributed by atoms with E-state index >= 15 is 0 Å². The number of Topliss-reactive ketones (excluding diaryl/α,β-unsaturated/α-hetero) is 1. The number of hydrogen-bond donors (Lipinski definition) is 0. The summed E-state index contributed by atoms with van der Waals surface area (Å²) in [5.74, 6) is -0.290. The van der Waals surface area contributed by atoms with Gasteiger partial charge in [0, 0.05) is 10.5 Å². The molecular formula is C15H12BrNO4. The van der Waals surface area contributed by atoms with Crippen LogP contribution >= 0.6 is 15.9 Å². The van der Waals surface area contributed by atoms with Gasteiger partial charge in [0.05, 0.1) is 10.5 Å². The third-order valence-electron chi connectivity index (χ3n) is 2.84. The molecule has 0 saturated heterocycles. The highest BCUT2D eigenvalue weighted by atomic mass is 79.9. The molecule has 0 aliphatic rings. The van der Waals surface area contributed by atoms with Gasteiger partial charge in [-0.1, -0.05) is 46.3 Å². The smallest absolute Gasteiger partial charge is 0.312 e. The monoisotopic (exact) mass is 349 g/mol. The predicted molar refractivity (Wildman–Crippen MR) is 81.6 cm³/mol. The van der Waals surface area contributed by atoms with E-state index in [1.165, 1.54) is 19.1 Å². The molecule has 108 valence electrons. The second-order valence-electron chi connectivity index (χ2n) is 4.39. The maximum Gasteiger partial charge on any atom is 0.312 e. The molecule has 5 nitrogen and oxygen atoms in total. The summed E-state index contributed by atoms with van der Waals surface area (Å²) in [5, 5.41) is 11.2. The molecular weight excluding hydrogens is 338 g/mol. The molecule has 0 amide bonds. The Morgan fingerprint density at radius 1 is 1.29 bits per heavy atom. The summed E-state index contributed by atoms with van der Waals surface area (Å²) in [6, 6.07) is 12.1. The Balaban J connectivity index is 2.40. The number of ether oxygens (including phenoxy) is 1. The lowest BCUT2D eigenvalue weighted by molar-refractivity contribution is -0.386. The van der Waals surface area contributed by atoms with Gasteiger partial charge in [0.15, 0.2) is 5.78 Å². The quantitative estimate of drug-likeness (QED) is 0.462. The Bertz CT molecular complexity index is 650. The van der Waals surface area contributed by atoms with Crippen molar-refractivity contribution in [1.82, 2.24) is 0 Å². The maximum atomic E-state index is 11.7. The van der Waals surface area contributed by atoms with E-state index in [-0.39, 0.29) is 29.4 Å². The Morgan fingerprint density at radius 2 is 1.95 bits per heavy atom. The highest BCUT2D eigenvalue weighted by Gasteiger charge is 2.23. The Hall–Kier alpha value is -2.21. The summed E-state index contributed by atoms with van der Waals surface area (Å²) in [7, 11) is 0. The lowest BCUT2D eigenvalue weighted by atomic mass is 10.1. The molecule has 0 bridgehead atoms. The third kappa shape index (κ3) is 3.66. The third-order valence-corrected chi connectivity index (χ3v) is 3.29. The minimum absolute atomic E-state index is 0.000414. The second-order valence-corrected chi connectivity index (χ2v) is 5.30. The summed E-state index contributed by atoms with van der Waals surface area (Å²) < 4.78 is 6.01. The number of carbonyl (C=O) groups excluding carboxylic acids is 1. The number of hydrogen-bond acceptors (Lipinski definition) is 4. The number of ketones is 1. The van der Waals surface area contributed by atoms with Crippen molar-refractivity contribution in [3.8, 4) is 5.75 Å². The first-order chi connectivity index (χ1) is 9.99. The standard InChI is InChI=1S/C15H12BrNO4/c1-10(18)13-7-12(16)8-14(17(19)20)15(13)21-9-11-5-3-2-4-6-11/h2-8H,9H2,1H3. The number of nitrogens with zero attached hydrogens (tertiary/aromatic N) is 1. The Labute approximate surface area is 129 Å². The summed E-state index contributed by atoms with van der Waals surface area (Å²) >= 11 is 3.17. The van der Waals surface area contributed by atoms with Gasteiger partial charge in [0.25, 0.3) is 0 Å². The zero-order chi connectivity index (χ0) is 15.4. The number of halogens is 1. The van der Waals surface area contributed by atoms with E-state index in [4.69, 9.17) is 4.74 Å². The van der Waals surface area contributed by atoms with Crippen LogP contribution in [-0.4, -0.2) is 10.7 Å². The van der Waals surface area contributed by atoms with Crippen molar-refractivity contribution in [3.63, 3.8) is 0 Å². The first-order valence-electron chi connectivity index (χ1n) is 6.14. The van der Waals surface area contributed by atoms with Gasteiger partial charge in [0.2, 0.25) is 5.75 Å². The lowest BCUT2D eigenvalue weighted by Gasteiger charge is -2.11. The van der Waals surface area contributed by atoms with E-state index in [1.54, 1.807) is 0 Å². The van der Waals surface area contributed by atoms with Gasteiger partial charge >= 0.3 is 5.69 Å². The van der Waals surface area contributed by atoms with Gasteiger partial charge in [-0.2, -0.15) is 0 Å². The van der Waals surface area contributed by atoms with Crippen molar-refractivity contribution >= 4 is 27.4 Å². The van der Waals surface area contributed by atoms with Crippen LogP contribution in [0.5, 0.6) is 5.75 Å². The minimum atomic E-state index is -0.558. The fourth-order valence-corrected chi connectivity index (χ4v) is 2.30. The number of nitro benzene ring substituents is 1. The van der Waals surface area contributed by atoms with Crippen LogP contribution in [0.2, 0.25) is 0 Å². The minimum Gasteiger partial charge on any atom is -0.481 e. The molecule has 21 heavy (non-hydrogen) atoms. The predicted octanol–water partition coefficient (Wildman–Crippen LogP) is 4.14. The van der Waals surface area contributed by atoms with Crippen LogP contribution in [0, 0.1) is 10.1 Å². The summed E-state index contributed by atoms with van der Waals surface area (Å²) in [6.07, 6.45) is 0. The van der Waals surface area contributed by atoms with Crippen LogP contribution in [0.25, 0.3) is 0 Å².